The summed E-state index contributed by atoms with van der Waals surface area (Å²) in [4.78, 5) is 24.0. The van der Waals surface area contributed by atoms with Crippen LogP contribution < -0.4 is 10.1 Å². The zero-order valence-electron chi connectivity index (χ0n) is 18.6. The molecule has 8 nitrogen and oxygen atoms in total. The van der Waals surface area contributed by atoms with E-state index in [1.165, 1.54) is 13.3 Å². The number of carbonyl (C=O) groups excluding carboxylic acids is 1. The minimum atomic E-state index is -0.849. The number of ether oxygens (including phenoxy) is 3. The number of halogens is 1. The Morgan fingerprint density at radius 2 is 1.94 bits per heavy atom. The Hall–Kier alpha value is -3.56. The summed E-state index contributed by atoms with van der Waals surface area (Å²) in [6.45, 7) is 4.56. The molecule has 0 spiro atoms. The molecule has 0 aliphatic carbocycles. The summed E-state index contributed by atoms with van der Waals surface area (Å²) in [6.07, 6.45) is 2.44. The van der Waals surface area contributed by atoms with E-state index in [9.17, 15) is 9.18 Å². The maximum absolute atomic E-state index is 14.7. The molecule has 0 bridgehead atoms. The first-order valence-electron chi connectivity index (χ1n) is 10.7. The van der Waals surface area contributed by atoms with Crippen LogP contribution in [0.5, 0.6) is 5.75 Å². The lowest BCUT2D eigenvalue weighted by Crippen LogP contribution is -2.23. The van der Waals surface area contributed by atoms with Crippen LogP contribution in [0.2, 0.25) is 0 Å². The van der Waals surface area contributed by atoms with Gasteiger partial charge in [-0.2, -0.15) is 4.39 Å². The molecule has 172 valence electrons. The summed E-state index contributed by atoms with van der Waals surface area (Å²) in [7, 11) is 1.52. The van der Waals surface area contributed by atoms with Crippen molar-refractivity contribution in [2.45, 2.75) is 26.7 Å². The predicted molar refractivity (Wildman–Crippen MR) is 122 cm³/mol. The number of benzene rings is 1. The van der Waals surface area contributed by atoms with Crippen LogP contribution in [0.25, 0.3) is 21.9 Å². The van der Waals surface area contributed by atoms with Crippen LogP contribution in [-0.4, -0.2) is 41.2 Å². The van der Waals surface area contributed by atoms with Gasteiger partial charge in [-0.1, -0.05) is 0 Å². The number of aromatic amines is 1. The standard InChI is InChI=1S/C24H25FN4O4/c1-4-32-24(33-5-2)18-10-15-9-16(20(31-3)11-19(15)29-21(18)25)12-28-23(30)17-8-14-6-7-26-22(14)27-13-17/h6-11,13,24H,4-5,12H2,1-3H3,(H,26,27)(H,28,30). The summed E-state index contributed by atoms with van der Waals surface area (Å²) in [5.41, 5.74) is 2.53. The zero-order chi connectivity index (χ0) is 23.4. The monoisotopic (exact) mass is 452 g/mol. The Kier molecular flexibility index (Phi) is 6.81. The smallest absolute Gasteiger partial charge is 0.253 e. The molecule has 0 aliphatic rings. The highest BCUT2D eigenvalue weighted by Crippen LogP contribution is 2.30. The van der Waals surface area contributed by atoms with Gasteiger partial charge in [0.15, 0.2) is 6.29 Å². The third kappa shape index (κ3) is 4.79. The Morgan fingerprint density at radius 1 is 1.15 bits per heavy atom. The fraction of sp³-hybridized carbons (Fsp3) is 0.292. The van der Waals surface area contributed by atoms with Gasteiger partial charge < -0.3 is 24.5 Å². The summed E-state index contributed by atoms with van der Waals surface area (Å²) in [6, 6.07) is 8.74. The van der Waals surface area contributed by atoms with Crippen LogP contribution in [0.15, 0.2) is 42.7 Å². The lowest BCUT2D eigenvalue weighted by atomic mass is 10.1. The molecule has 0 fully saturated rings. The minimum Gasteiger partial charge on any atom is -0.496 e. The van der Waals surface area contributed by atoms with Crippen molar-refractivity contribution in [2.75, 3.05) is 20.3 Å². The van der Waals surface area contributed by atoms with Gasteiger partial charge in [-0.15, -0.1) is 0 Å². The van der Waals surface area contributed by atoms with E-state index < -0.39 is 12.2 Å². The molecule has 4 rings (SSSR count). The number of hydrogen-bond acceptors (Lipinski definition) is 6. The number of fused-ring (bicyclic) bond motifs is 2. The van der Waals surface area contributed by atoms with Gasteiger partial charge in [-0.3, -0.25) is 4.79 Å². The zero-order valence-corrected chi connectivity index (χ0v) is 18.6. The Balaban J connectivity index is 1.61. The molecule has 0 atom stereocenters. The topological polar surface area (TPSA) is 98.4 Å². The van der Waals surface area contributed by atoms with Crippen LogP contribution in [-0.2, 0) is 16.0 Å². The molecule has 33 heavy (non-hydrogen) atoms. The van der Waals surface area contributed by atoms with E-state index in [0.29, 0.717) is 35.4 Å². The second-order valence-electron chi connectivity index (χ2n) is 7.29. The molecule has 0 radical (unpaired) electrons. The van der Waals surface area contributed by atoms with Gasteiger partial charge in [-0.25, -0.2) is 9.97 Å². The molecule has 9 heteroatoms. The number of nitrogens with zero attached hydrogens (tertiary/aromatic N) is 2. The van der Waals surface area contributed by atoms with Crippen LogP contribution in [0.1, 0.15) is 41.6 Å². The van der Waals surface area contributed by atoms with Crippen molar-refractivity contribution in [3.63, 3.8) is 0 Å². The van der Waals surface area contributed by atoms with Crippen molar-refractivity contribution in [3.05, 3.63) is 65.4 Å². The number of rotatable bonds is 9. The quantitative estimate of drug-likeness (QED) is 0.291. The van der Waals surface area contributed by atoms with Crippen LogP contribution in [0.4, 0.5) is 4.39 Å². The van der Waals surface area contributed by atoms with Gasteiger partial charge in [0.25, 0.3) is 5.91 Å². The Morgan fingerprint density at radius 3 is 2.67 bits per heavy atom. The van der Waals surface area contributed by atoms with E-state index >= 15 is 0 Å². The number of aromatic nitrogens is 3. The van der Waals surface area contributed by atoms with Crippen molar-refractivity contribution in [2.24, 2.45) is 0 Å². The number of H-pyrrole nitrogens is 1. The number of hydrogen-bond donors (Lipinski definition) is 2. The SMILES string of the molecule is CCOC(OCC)c1cc2cc(CNC(=O)c3cnc4[nH]ccc4c3)c(OC)cc2nc1F. The van der Waals surface area contributed by atoms with Crippen LogP contribution >= 0.6 is 0 Å². The molecule has 3 heterocycles. The van der Waals surface area contributed by atoms with Gasteiger partial charge in [0, 0.05) is 54.6 Å². The first kappa shape index (κ1) is 22.6. The normalized spacial score (nSPS) is 11.4. The molecule has 0 saturated carbocycles. The molecule has 1 amide bonds. The second-order valence-corrected chi connectivity index (χ2v) is 7.29. The van der Waals surface area contributed by atoms with Crippen LogP contribution in [0, 0.1) is 5.95 Å². The van der Waals surface area contributed by atoms with E-state index in [4.69, 9.17) is 14.2 Å². The maximum Gasteiger partial charge on any atom is 0.253 e. The number of nitrogens with one attached hydrogen (secondary N) is 2. The van der Waals surface area contributed by atoms with Gasteiger partial charge in [0.05, 0.1) is 23.8 Å². The number of methoxy groups -OCH3 is 1. The first-order valence-corrected chi connectivity index (χ1v) is 10.7. The van der Waals surface area contributed by atoms with Crippen LogP contribution in [0.3, 0.4) is 0 Å². The van der Waals surface area contributed by atoms with E-state index in [2.05, 4.69) is 20.3 Å². The third-order valence-electron chi connectivity index (χ3n) is 5.19. The average Bonchev–Trinajstić information content (AvgIpc) is 3.29. The fourth-order valence-corrected chi connectivity index (χ4v) is 3.61. The molecule has 4 aromatic rings. The largest absolute Gasteiger partial charge is 0.496 e. The molecular formula is C24H25FN4O4. The highest BCUT2D eigenvalue weighted by atomic mass is 19.1. The first-order chi connectivity index (χ1) is 16.0. The minimum absolute atomic E-state index is 0.205. The lowest BCUT2D eigenvalue weighted by Gasteiger charge is -2.18. The molecular weight excluding hydrogens is 427 g/mol. The van der Waals surface area contributed by atoms with Crippen molar-refractivity contribution in [3.8, 4) is 5.75 Å². The van der Waals surface area contributed by atoms with E-state index in [1.807, 2.05) is 26.0 Å². The highest BCUT2D eigenvalue weighted by molar-refractivity contribution is 5.97. The molecule has 0 unspecified atom stereocenters. The summed E-state index contributed by atoms with van der Waals surface area (Å²) < 4.78 is 31.2. The fourth-order valence-electron chi connectivity index (χ4n) is 3.61. The van der Waals surface area contributed by atoms with Crippen molar-refractivity contribution in [1.29, 1.82) is 0 Å². The van der Waals surface area contributed by atoms with Crippen molar-refractivity contribution >= 4 is 27.8 Å². The predicted octanol–water partition coefficient (Wildman–Crippen LogP) is 4.26. The molecule has 1 aromatic carbocycles. The number of amides is 1. The van der Waals surface area contributed by atoms with Gasteiger partial charge >= 0.3 is 0 Å². The highest BCUT2D eigenvalue weighted by Gasteiger charge is 2.20. The van der Waals surface area contributed by atoms with E-state index in [1.54, 1.807) is 24.4 Å². The van der Waals surface area contributed by atoms with E-state index in [0.717, 1.165) is 16.6 Å². The number of carbonyl (C=O) groups is 1. The molecule has 0 saturated heterocycles. The average molecular weight is 452 g/mol. The molecule has 2 N–H and O–H groups in total. The van der Waals surface area contributed by atoms with Crippen molar-refractivity contribution < 1.29 is 23.4 Å². The summed E-state index contributed by atoms with van der Waals surface area (Å²) in [5.74, 6) is -0.434. The Labute approximate surface area is 190 Å². The van der Waals surface area contributed by atoms with Gasteiger partial charge in [0.2, 0.25) is 5.95 Å². The third-order valence-corrected chi connectivity index (χ3v) is 5.19. The molecule has 0 aliphatic heterocycles. The second kappa shape index (κ2) is 9.93. The maximum atomic E-state index is 14.7. The Bertz CT molecular complexity index is 1280. The number of pyridine rings is 2. The summed E-state index contributed by atoms with van der Waals surface area (Å²) >= 11 is 0. The lowest BCUT2D eigenvalue weighted by molar-refractivity contribution is -0.142. The summed E-state index contributed by atoms with van der Waals surface area (Å²) in [5, 5.41) is 4.42. The van der Waals surface area contributed by atoms with Gasteiger partial charge in [0.1, 0.15) is 11.4 Å². The van der Waals surface area contributed by atoms with Crippen molar-refractivity contribution in [1.82, 2.24) is 20.3 Å². The molecule has 3 aromatic heterocycles. The van der Waals surface area contributed by atoms with E-state index in [-0.39, 0.29) is 18.0 Å². The van der Waals surface area contributed by atoms with Gasteiger partial charge in [-0.05, 0) is 38.1 Å².